The lowest BCUT2D eigenvalue weighted by Crippen LogP contribution is -2.48. The number of piperidine rings is 1. The fourth-order valence-corrected chi connectivity index (χ4v) is 1.75. The van der Waals surface area contributed by atoms with Gasteiger partial charge in [0.25, 0.3) is 0 Å². The van der Waals surface area contributed by atoms with Gasteiger partial charge in [0, 0.05) is 24.9 Å². The van der Waals surface area contributed by atoms with Crippen molar-refractivity contribution in [2.75, 3.05) is 13.1 Å². The lowest BCUT2D eigenvalue weighted by molar-refractivity contribution is -0.210. The van der Waals surface area contributed by atoms with Gasteiger partial charge in [-0.05, 0) is 0 Å². The second kappa shape index (κ2) is 4.38. The number of halogens is 3. The van der Waals surface area contributed by atoms with Crippen LogP contribution in [0.5, 0.6) is 0 Å². The number of nitrogens with one attached hydrogen (secondary N) is 1. The minimum absolute atomic E-state index is 0.0972. The molecule has 0 aromatic carbocycles. The van der Waals surface area contributed by atoms with E-state index in [0.717, 1.165) is 0 Å². The van der Waals surface area contributed by atoms with E-state index in [4.69, 9.17) is 0 Å². The van der Waals surface area contributed by atoms with E-state index in [1.54, 1.807) is 13.8 Å². The highest BCUT2D eigenvalue weighted by Gasteiger charge is 2.44. The van der Waals surface area contributed by atoms with E-state index in [2.05, 4.69) is 10.1 Å². The number of ether oxygens (including phenoxy) is 1. The number of carbonyl (C=O) groups excluding carboxylic acids is 1. The summed E-state index contributed by atoms with van der Waals surface area (Å²) in [4.78, 5) is 10.7. The Hall–Kier alpha value is -0.780. The molecule has 0 radical (unpaired) electrons. The Balaban J connectivity index is 2.59. The van der Waals surface area contributed by atoms with Crippen LogP contribution in [0.1, 0.15) is 13.8 Å². The van der Waals surface area contributed by atoms with Crippen molar-refractivity contribution in [3.8, 4) is 0 Å². The van der Waals surface area contributed by atoms with Gasteiger partial charge in [0.05, 0.1) is 0 Å². The summed E-state index contributed by atoms with van der Waals surface area (Å²) < 4.78 is 40.4. The largest absolute Gasteiger partial charge is 0.490 e. The van der Waals surface area contributed by atoms with Crippen molar-refractivity contribution >= 4 is 5.97 Å². The molecule has 0 aliphatic carbocycles. The molecule has 1 heterocycles. The van der Waals surface area contributed by atoms with E-state index in [1.807, 2.05) is 0 Å². The van der Waals surface area contributed by atoms with Crippen LogP contribution in [0.2, 0.25) is 0 Å². The van der Waals surface area contributed by atoms with E-state index >= 15 is 0 Å². The molecule has 1 rings (SSSR count). The lowest BCUT2D eigenvalue weighted by atomic mass is 9.89. The van der Waals surface area contributed by atoms with Crippen LogP contribution in [0.4, 0.5) is 13.2 Å². The summed E-state index contributed by atoms with van der Waals surface area (Å²) in [5.74, 6) is -2.28. The van der Waals surface area contributed by atoms with E-state index in [1.165, 1.54) is 0 Å². The molecule has 1 saturated heterocycles. The van der Waals surface area contributed by atoms with Crippen LogP contribution in [-0.4, -0.2) is 31.3 Å². The molecular weight excluding hydrogens is 211 g/mol. The van der Waals surface area contributed by atoms with Crippen molar-refractivity contribution in [3.05, 3.63) is 0 Å². The van der Waals surface area contributed by atoms with Crippen molar-refractivity contribution < 1.29 is 22.7 Å². The molecule has 1 fully saturated rings. The third kappa shape index (κ3) is 3.09. The van der Waals surface area contributed by atoms with Crippen LogP contribution < -0.4 is 5.32 Å². The van der Waals surface area contributed by atoms with Crippen LogP contribution in [0.3, 0.4) is 0 Å². The molecule has 1 aliphatic heterocycles. The third-order valence-electron chi connectivity index (χ3n) is 2.53. The maximum atomic E-state index is 12.0. The predicted molar refractivity (Wildman–Crippen MR) is 47.1 cm³/mol. The predicted octanol–water partition coefficient (Wildman–Crippen LogP) is 1.34. The molecule has 15 heavy (non-hydrogen) atoms. The molecule has 1 unspecified atom stereocenters. The number of alkyl halides is 3. The first-order chi connectivity index (χ1) is 6.82. The molecule has 0 bridgehead atoms. The highest BCUT2D eigenvalue weighted by Crippen LogP contribution is 2.24. The first kappa shape index (κ1) is 12.3. The van der Waals surface area contributed by atoms with Gasteiger partial charge in [0.1, 0.15) is 6.10 Å². The second-order valence-electron chi connectivity index (χ2n) is 3.98. The van der Waals surface area contributed by atoms with Gasteiger partial charge >= 0.3 is 12.1 Å². The minimum atomic E-state index is -4.90. The molecule has 0 spiro atoms. The Morgan fingerprint density at radius 2 is 1.73 bits per heavy atom. The summed E-state index contributed by atoms with van der Waals surface area (Å²) in [6.45, 7) is 4.66. The highest BCUT2D eigenvalue weighted by atomic mass is 19.4. The molecule has 1 aliphatic rings. The third-order valence-corrected chi connectivity index (χ3v) is 2.53. The zero-order chi connectivity index (χ0) is 11.6. The molecule has 0 saturated carbocycles. The maximum absolute atomic E-state index is 12.0. The fourth-order valence-electron chi connectivity index (χ4n) is 1.75. The van der Waals surface area contributed by atoms with E-state index < -0.39 is 18.2 Å². The van der Waals surface area contributed by atoms with Gasteiger partial charge in [-0.1, -0.05) is 13.8 Å². The summed E-state index contributed by atoms with van der Waals surface area (Å²) in [7, 11) is 0. The Labute approximate surface area is 86.0 Å². The van der Waals surface area contributed by atoms with Gasteiger partial charge in [-0.25, -0.2) is 4.79 Å². The van der Waals surface area contributed by atoms with E-state index in [9.17, 15) is 18.0 Å². The van der Waals surface area contributed by atoms with Crippen molar-refractivity contribution in [2.24, 2.45) is 11.8 Å². The summed E-state index contributed by atoms with van der Waals surface area (Å²) in [6, 6.07) is 0. The zero-order valence-electron chi connectivity index (χ0n) is 8.60. The first-order valence-corrected chi connectivity index (χ1v) is 4.81. The van der Waals surface area contributed by atoms with Crippen molar-refractivity contribution in [1.82, 2.24) is 5.32 Å². The summed E-state index contributed by atoms with van der Waals surface area (Å²) in [6.07, 6.45) is -5.55. The van der Waals surface area contributed by atoms with Crippen LogP contribution in [0.15, 0.2) is 0 Å². The molecule has 3 nitrogen and oxygen atoms in total. The Bertz CT molecular complexity index is 232. The monoisotopic (exact) mass is 225 g/mol. The van der Waals surface area contributed by atoms with Gasteiger partial charge in [-0.15, -0.1) is 0 Å². The van der Waals surface area contributed by atoms with Crippen molar-refractivity contribution in [3.63, 3.8) is 0 Å². The standard InChI is InChI=1S/C9H14F3NO2/c1-5-3-13-4-6(2)7(5)15-8(14)9(10,11)12/h5-7,13H,3-4H2,1-2H3/t5-,6+,7?. The number of esters is 1. The number of hydrogen-bond donors (Lipinski definition) is 1. The SMILES string of the molecule is C[C@@H]1CNC[C@H](C)C1OC(=O)C(F)(F)F. The Kier molecular flexibility index (Phi) is 3.59. The van der Waals surface area contributed by atoms with Crippen LogP contribution >= 0.6 is 0 Å². The fraction of sp³-hybridized carbons (Fsp3) is 0.889. The molecule has 88 valence electrons. The van der Waals surface area contributed by atoms with E-state index in [0.29, 0.717) is 13.1 Å². The first-order valence-electron chi connectivity index (χ1n) is 4.81. The summed E-state index contributed by atoms with van der Waals surface area (Å²) in [5.41, 5.74) is 0. The summed E-state index contributed by atoms with van der Waals surface area (Å²) in [5, 5.41) is 3.05. The molecular formula is C9H14F3NO2. The molecule has 0 amide bonds. The van der Waals surface area contributed by atoms with Gasteiger partial charge in [0.15, 0.2) is 0 Å². The average Bonchev–Trinajstić information content (AvgIpc) is 2.09. The molecule has 3 atom stereocenters. The molecule has 1 N–H and O–H groups in total. The van der Waals surface area contributed by atoms with Crippen LogP contribution in [-0.2, 0) is 9.53 Å². The minimum Gasteiger partial charge on any atom is -0.455 e. The van der Waals surface area contributed by atoms with Crippen LogP contribution in [0.25, 0.3) is 0 Å². The Morgan fingerprint density at radius 3 is 2.13 bits per heavy atom. The van der Waals surface area contributed by atoms with Crippen LogP contribution in [0, 0.1) is 11.8 Å². The van der Waals surface area contributed by atoms with Gasteiger partial charge in [0.2, 0.25) is 0 Å². The van der Waals surface area contributed by atoms with E-state index in [-0.39, 0.29) is 11.8 Å². The summed E-state index contributed by atoms with van der Waals surface area (Å²) >= 11 is 0. The van der Waals surface area contributed by atoms with Gasteiger partial charge < -0.3 is 10.1 Å². The van der Waals surface area contributed by atoms with Gasteiger partial charge in [-0.3, -0.25) is 0 Å². The molecule has 0 aromatic heterocycles. The number of rotatable bonds is 1. The highest BCUT2D eigenvalue weighted by molar-refractivity contribution is 5.75. The number of carbonyl (C=O) groups is 1. The second-order valence-corrected chi connectivity index (χ2v) is 3.98. The van der Waals surface area contributed by atoms with Crippen molar-refractivity contribution in [1.29, 1.82) is 0 Å². The number of hydrogen-bond acceptors (Lipinski definition) is 3. The smallest absolute Gasteiger partial charge is 0.455 e. The van der Waals surface area contributed by atoms with Crippen molar-refractivity contribution in [2.45, 2.75) is 26.1 Å². The zero-order valence-corrected chi connectivity index (χ0v) is 8.60. The lowest BCUT2D eigenvalue weighted by Gasteiger charge is -2.34. The Morgan fingerprint density at radius 1 is 1.27 bits per heavy atom. The van der Waals surface area contributed by atoms with Gasteiger partial charge in [-0.2, -0.15) is 13.2 Å². The molecule has 0 aromatic rings. The molecule has 6 heteroatoms. The topological polar surface area (TPSA) is 38.3 Å². The normalized spacial score (nSPS) is 32.5. The average molecular weight is 225 g/mol. The maximum Gasteiger partial charge on any atom is 0.490 e. The quantitative estimate of drug-likeness (QED) is 0.684.